The van der Waals surface area contributed by atoms with Gasteiger partial charge in [0.2, 0.25) is 0 Å². The molecule has 0 aromatic carbocycles. The van der Waals surface area contributed by atoms with Crippen LogP contribution in [0.15, 0.2) is 12.3 Å². The summed E-state index contributed by atoms with van der Waals surface area (Å²) >= 11 is 0. The molecule has 4 atom stereocenters. The van der Waals surface area contributed by atoms with Gasteiger partial charge in [-0.15, -0.1) is 0 Å². The summed E-state index contributed by atoms with van der Waals surface area (Å²) in [5.41, 5.74) is 0. The Morgan fingerprint density at radius 2 is 0.606 bits per heavy atom. The third-order valence-corrected chi connectivity index (χ3v) is 13.5. The second-order valence-corrected chi connectivity index (χ2v) is 20.3. The molecule has 0 spiro atoms. The van der Waals surface area contributed by atoms with Crippen molar-refractivity contribution >= 4 is 11.9 Å². The van der Waals surface area contributed by atoms with E-state index in [1.165, 1.54) is 141 Å². The van der Waals surface area contributed by atoms with Crippen molar-refractivity contribution in [3.63, 3.8) is 0 Å². The monoisotopic (exact) mass is 937 g/mol. The molecule has 0 rings (SSSR count). The average molecular weight is 938 g/mol. The Balaban J connectivity index is 4.41. The molecule has 8 heteroatoms. The van der Waals surface area contributed by atoms with Crippen LogP contribution in [0.4, 0.5) is 0 Å². The molecular weight excluding hydrogens is 825 g/mol. The summed E-state index contributed by atoms with van der Waals surface area (Å²) in [6.45, 7) is 10.9. The van der Waals surface area contributed by atoms with Gasteiger partial charge >= 0.3 is 11.9 Å². The average Bonchev–Trinajstić information content (AvgIpc) is 3.30. The number of rotatable bonds is 54. The second kappa shape index (κ2) is 51.2. The number of carbonyl (C=O) groups is 2. The summed E-state index contributed by atoms with van der Waals surface area (Å²) in [6, 6.07) is 0. The molecule has 0 amide bonds. The second-order valence-electron chi connectivity index (χ2n) is 20.3. The number of aliphatic hydroxyl groups is 3. The number of esters is 2. The largest absolute Gasteiger partial charge is 0.495 e. The van der Waals surface area contributed by atoms with Crippen LogP contribution in [0.5, 0.6) is 0 Å². The molecule has 66 heavy (non-hydrogen) atoms. The molecule has 0 aromatic rings. The van der Waals surface area contributed by atoms with Crippen molar-refractivity contribution in [2.75, 3.05) is 13.2 Å². The number of aliphatic hydroxyl groups excluding tert-OH is 3. The van der Waals surface area contributed by atoms with Crippen molar-refractivity contribution in [1.29, 1.82) is 0 Å². The van der Waals surface area contributed by atoms with Gasteiger partial charge in [-0.25, -0.2) is 0 Å². The number of carbonyl (C=O) groups excluding carboxylic acids is 2. The smallest absolute Gasteiger partial charge is 0.306 e. The fourth-order valence-corrected chi connectivity index (χ4v) is 8.94. The van der Waals surface area contributed by atoms with Gasteiger partial charge in [0, 0.05) is 19.3 Å². The van der Waals surface area contributed by atoms with E-state index in [9.17, 15) is 24.9 Å². The first-order valence-electron chi connectivity index (χ1n) is 28.9. The molecular formula is C58H112O8. The molecule has 0 heterocycles. The Hall–Kier alpha value is -1.64. The van der Waals surface area contributed by atoms with Crippen molar-refractivity contribution in [3.05, 3.63) is 12.3 Å². The Labute approximate surface area is 409 Å². The van der Waals surface area contributed by atoms with Gasteiger partial charge in [0.15, 0.2) is 6.10 Å². The van der Waals surface area contributed by atoms with E-state index in [1.54, 1.807) is 0 Å². The van der Waals surface area contributed by atoms with Crippen LogP contribution in [-0.4, -0.2) is 64.9 Å². The standard InChI is InChI=1S/C58H112O8/c1-5-8-11-33-42-53(59)45-36-27-21-15-14-20-26-32-41-52(4)64-50-56(66-58(63)49-40-31-25-19-17-23-29-38-47-55(61)44-35-13-10-7-3)51-65-57(62)48-39-30-24-18-16-22-28-37-46-54(60)43-34-12-9-6-2/h53-56,59-61H,4-51H2,1-3H3. The molecule has 0 aromatic heterocycles. The maximum absolute atomic E-state index is 12.9. The summed E-state index contributed by atoms with van der Waals surface area (Å²) in [4.78, 5) is 25.6. The summed E-state index contributed by atoms with van der Waals surface area (Å²) < 4.78 is 17.4. The van der Waals surface area contributed by atoms with Gasteiger partial charge in [-0.3, -0.25) is 9.59 Å². The molecule has 0 aliphatic heterocycles. The van der Waals surface area contributed by atoms with Crippen LogP contribution in [0, 0.1) is 0 Å². The Morgan fingerprint density at radius 3 is 0.939 bits per heavy atom. The van der Waals surface area contributed by atoms with Crippen LogP contribution in [0.3, 0.4) is 0 Å². The van der Waals surface area contributed by atoms with E-state index >= 15 is 0 Å². The molecule has 3 N–H and O–H groups in total. The molecule has 0 aliphatic carbocycles. The zero-order valence-corrected chi connectivity index (χ0v) is 44.1. The summed E-state index contributed by atoms with van der Waals surface area (Å²) in [5.74, 6) is 0.164. The van der Waals surface area contributed by atoms with Crippen molar-refractivity contribution in [3.8, 4) is 0 Å². The number of ether oxygens (including phenoxy) is 3. The van der Waals surface area contributed by atoms with E-state index in [4.69, 9.17) is 14.2 Å². The lowest BCUT2D eigenvalue weighted by Crippen LogP contribution is -2.29. The van der Waals surface area contributed by atoms with Crippen molar-refractivity contribution in [1.82, 2.24) is 0 Å². The van der Waals surface area contributed by atoms with Gasteiger partial charge in [0.05, 0.1) is 24.1 Å². The van der Waals surface area contributed by atoms with E-state index < -0.39 is 6.10 Å². The lowest BCUT2D eigenvalue weighted by atomic mass is 10.0. The molecule has 0 aliphatic rings. The molecule has 0 saturated heterocycles. The predicted octanol–water partition coefficient (Wildman–Crippen LogP) is 16.7. The maximum Gasteiger partial charge on any atom is 0.306 e. The fraction of sp³-hybridized carbons (Fsp3) is 0.931. The van der Waals surface area contributed by atoms with Crippen molar-refractivity contribution in [2.45, 2.75) is 334 Å². The first-order chi connectivity index (χ1) is 32.2. The van der Waals surface area contributed by atoms with Crippen LogP contribution in [0.25, 0.3) is 0 Å². The van der Waals surface area contributed by atoms with Gasteiger partial charge in [0.25, 0.3) is 0 Å². The maximum atomic E-state index is 12.9. The van der Waals surface area contributed by atoms with Gasteiger partial charge in [-0.1, -0.05) is 239 Å². The van der Waals surface area contributed by atoms with Gasteiger partial charge in [0.1, 0.15) is 13.2 Å². The molecule has 0 saturated carbocycles. The Kier molecular flexibility index (Phi) is 49.9. The SMILES string of the molecule is C=C(CCCCCCCCCCC(O)CCCCCC)OCC(COC(=O)CCCCCCCCCCC(O)CCCCCC)OC(=O)CCCCCCCCCCC(O)CCCCCC. The molecule has 4 unspecified atom stereocenters. The highest BCUT2D eigenvalue weighted by atomic mass is 16.6. The number of allylic oxidation sites excluding steroid dienone is 1. The highest BCUT2D eigenvalue weighted by molar-refractivity contribution is 5.70. The summed E-state index contributed by atoms with van der Waals surface area (Å²) in [6.07, 6.45) is 47.6. The topological polar surface area (TPSA) is 123 Å². The van der Waals surface area contributed by atoms with Crippen molar-refractivity contribution < 1.29 is 39.1 Å². The highest BCUT2D eigenvalue weighted by Crippen LogP contribution is 2.19. The number of unbranched alkanes of at least 4 members (excludes halogenated alkanes) is 30. The summed E-state index contributed by atoms with van der Waals surface area (Å²) in [7, 11) is 0. The number of hydrogen-bond donors (Lipinski definition) is 3. The lowest BCUT2D eigenvalue weighted by Gasteiger charge is -2.19. The molecule has 0 radical (unpaired) electrons. The quantitative estimate of drug-likeness (QED) is 0.0313. The minimum atomic E-state index is -0.655. The zero-order valence-electron chi connectivity index (χ0n) is 44.1. The number of hydrogen-bond acceptors (Lipinski definition) is 8. The van der Waals surface area contributed by atoms with E-state index in [1.807, 2.05) is 0 Å². The van der Waals surface area contributed by atoms with E-state index in [0.717, 1.165) is 135 Å². The van der Waals surface area contributed by atoms with Gasteiger partial charge in [-0.2, -0.15) is 0 Å². The van der Waals surface area contributed by atoms with Crippen LogP contribution < -0.4 is 0 Å². The molecule has 8 nitrogen and oxygen atoms in total. The van der Waals surface area contributed by atoms with Crippen LogP contribution >= 0.6 is 0 Å². The minimum Gasteiger partial charge on any atom is -0.495 e. The highest BCUT2D eigenvalue weighted by Gasteiger charge is 2.19. The third-order valence-electron chi connectivity index (χ3n) is 13.5. The predicted molar refractivity (Wildman–Crippen MR) is 279 cm³/mol. The van der Waals surface area contributed by atoms with Crippen LogP contribution in [0.1, 0.15) is 310 Å². The minimum absolute atomic E-state index is 0.000898. The Bertz CT molecular complexity index is 981. The fourth-order valence-electron chi connectivity index (χ4n) is 8.94. The van der Waals surface area contributed by atoms with Crippen molar-refractivity contribution in [2.24, 2.45) is 0 Å². The third kappa shape index (κ3) is 48.8. The zero-order chi connectivity index (χ0) is 48.4. The molecule has 392 valence electrons. The van der Waals surface area contributed by atoms with Crippen LogP contribution in [0.2, 0.25) is 0 Å². The lowest BCUT2D eigenvalue weighted by molar-refractivity contribution is -0.162. The first kappa shape index (κ1) is 64.4. The van der Waals surface area contributed by atoms with E-state index in [0.29, 0.717) is 18.6 Å². The molecule has 0 bridgehead atoms. The van der Waals surface area contributed by atoms with E-state index in [2.05, 4.69) is 27.4 Å². The van der Waals surface area contributed by atoms with E-state index in [-0.39, 0.29) is 43.5 Å². The molecule has 0 fully saturated rings. The normalized spacial score (nSPS) is 13.4. The first-order valence-corrected chi connectivity index (χ1v) is 28.9. The summed E-state index contributed by atoms with van der Waals surface area (Å²) in [5, 5.41) is 30.6. The Morgan fingerprint density at radius 1 is 0.348 bits per heavy atom. The van der Waals surface area contributed by atoms with Crippen LogP contribution in [-0.2, 0) is 23.8 Å². The van der Waals surface area contributed by atoms with Gasteiger partial charge in [-0.05, 0) is 57.8 Å². The van der Waals surface area contributed by atoms with Gasteiger partial charge < -0.3 is 29.5 Å².